The number of rotatable bonds is 8. The molecule has 0 saturated heterocycles. The molecule has 0 N–H and O–H groups in total. The minimum atomic E-state index is -0.884. The summed E-state index contributed by atoms with van der Waals surface area (Å²) in [6.45, 7) is 4.65. The van der Waals surface area contributed by atoms with Crippen molar-refractivity contribution in [2.45, 2.75) is 29.8 Å². The highest BCUT2D eigenvalue weighted by atomic mass is 16.6. The van der Waals surface area contributed by atoms with Crippen LogP contribution in [0.15, 0.2) is 225 Å². The monoisotopic (exact) mass is 1020 g/mol. The summed E-state index contributed by atoms with van der Waals surface area (Å²) >= 11 is 0. The van der Waals surface area contributed by atoms with E-state index in [9.17, 15) is 4.79 Å². The number of anilines is 2. The van der Waals surface area contributed by atoms with Crippen LogP contribution in [0.25, 0.3) is 22.0 Å². The van der Waals surface area contributed by atoms with E-state index in [2.05, 4.69) is 157 Å². The Morgan fingerprint density at radius 2 is 1.10 bits per heavy atom. The molecule has 9 nitrogen and oxygen atoms in total. The number of fused-ring (bicyclic) bond motifs is 10. The van der Waals surface area contributed by atoms with Crippen LogP contribution in [0.1, 0.15) is 62.2 Å². The summed E-state index contributed by atoms with van der Waals surface area (Å²) in [4.78, 5) is 24.0. The Kier molecular flexibility index (Phi) is 11.5. The van der Waals surface area contributed by atoms with E-state index in [0.29, 0.717) is 25.6 Å². The van der Waals surface area contributed by atoms with Crippen LogP contribution < -0.4 is 33.5 Å². The topological polar surface area (TPSA) is 82.6 Å². The number of pyridine rings is 1. The Bertz CT molecular complexity index is 3830. The SMILES string of the molecule is COc1cc2c(cc1C)C1(CO2)C(=O)N(C(c2ccccc2)c2ccccc2)c2ccccc21.c1ccc(C(c2ccccc2)N2CC3(COc4cc5c(cc43)OCCO5)c3c(-c4cnc5ccccc5c4)cccc32)cc1. The summed E-state index contributed by atoms with van der Waals surface area (Å²) in [6.07, 6.45) is 2.01. The zero-order valence-electron chi connectivity index (χ0n) is 43.3. The molecule has 5 aliphatic rings. The maximum absolute atomic E-state index is 14.6. The second kappa shape index (κ2) is 19.0. The average Bonchev–Trinajstić information content (AvgIpc) is 4.41. The summed E-state index contributed by atoms with van der Waals surface area (Å²) in [5, 5.41) is 1.13. The fourth-order valence-electron chi connectivity index (χ4n) is 12.9. The summed E-state index contributed by atoms with van der Waals surface area (Å²) in [6, 6.07) is 75.4. The van der Waals surface area contributed by atoms with Crippen LogP contribution in [0, 0.1) is 6.92 Å². The second-order valence-corrected chi connectivity index (χ2v) is 20.8. The van der Waals surface area contributed by atoms with Crippen molar-refractivity contribution in [3.63, 3.8) is 0 Å². The minimum Gasteiger partial charge on any atom is -0.496 e. The van der Waals surface area contributed by atoms with E-state index >= 15 is 0 Å². The largest absolute Gasteiger partial charge is 0.496 e. The molecular weight excluding hydrogens is 967 g/mol. The quantitative estimate of drug-likeness (QED) is 0.149. The van der Waals surface area contributed by atoms with Gasteiger partial charge in [-0.1, -0.05) is 170 Å². The van der Waals surface area contributed by atoms with Gasteiger partial charge >= 0.3 is 0 Å². The van der Waals surface area contributed by atoms with Crippen LogP contribution in [-0.2, 0) is 15.6 Å². The molecule has 9 heteroatoms. The predicted molar refractivity (Wildman–Crippen MR) is 306 cm³/mol. The fraction of sp³-hybridized carbons (Fsp3) is 0.159. The number of nitrogens with zero attached hydrogens (tertiary/aromatic N) is 3. The van der Waals surface area contributed by atoms with E-state index in [-0.39, 0.29) is 24.6 Å². The number of hydrogen-bond acceptors (Lipinski definition) is 8. The molecule has 0 fully saturated rings. The lowest BCUT2D eigenvalue weighted by Crippen LogP contribution is -2.44. The molecule has 9 aromatic carbocycles. The van der Waals surface area contributed by atoms with E-state index in [0.717, 1.165) is 85.1 Å². The van der Waals surface area contributed by atoms with Gasteiger partial charge in [0.15, 0.2) is 11.5 Å². The molecule has 15 rings (SSSR count). The lowest BCUT2D eigenvalue weighted by Gasteiger charge is -2.33. The zero-order valence-corrected chi connectivity index (χ0v) is 43.3. The van der Waals surface area contributed by atoms with E-state index in [1.807, 2.05) is 84.8 Å². The normalized spacial score (nSPS) is 18.1. The van der Waals surface area contributed by atoms with Crippen molar-refractivity contribution in [2.75, 3.05) is 49.9 Å². The fourth-order valence-corrected chi connectivity index (χ4v) is 12.9. The lowest BCUT2D eigenvalue weighted by atomic mass is 9.74. The standard InChI is InChI=1S/C39H30N2O3.C30H25NO3/c1-3-10-26(11-4-1)38(27-12-5-2-6-13-27)41-24-39(25-44-34-22-36-35(21-31(34)39)42-18-19-43-36)37-30(15-9-17-33(37)41)29-20-28-14-7-8-16-32(28)40-23-29;1-20-17-24-27(18-26(20)33-2)34-19-30(24)23-15-9-10-16-25(23)31(29(30)32)28(21-11-5-3-6-12-21)22-13-7-4-8-14-22/h1-17,20-23,38H,18-19,24-25H2;3-18,28H,19H2,1-2H3. The summed E-state index contributed by atoms with van der Waals surface area (Å²) in [7, 11) is 1.65. The van der Waals surface area contributed by atoms with Gasteiger partial charge in [0.1, 0.15) is 49.1 Å². The molecule has 0 saturated carbocycles. The molecule has 1 aromatic heterocycles. The second-order valence-electron chi connectivity index (χ2n) is 20.8. The Balaban J connectivity index is 0.000000147. The van der Waals surface area contributed by atoms with Crippen LogP contribution in [0.2, 0.25) is 0 Å². The molecule has 6 heterocycles. The number of ether oxygens (including phenoxy) is 5. The molecular formula is C69H55N3O6. The van der Waals surface area contributed by atoms with Crippen LogP contribution in [0.5, 0.6) is 28.7 Å². The van der Waals surface area contributed by atoms with Crippen LogP contribution in [-0.4, -0.2) is 51.0 Å². The van der Waals surface area contributed by atoms with E-state index in [1.54, 1.807) is 7.11 Å². The van der Waals surface area contributed by atoms with Crippen molar-refractivity contribution in [2.24, 2.45) is 0 Å². The lowest BCUT2D eigenvalue weighted by molar-refractivity contribution is -0.122. The van der Waals surface area contributed by atoms with Crippen LogP contribution in [0.4, 0.5) is 11.4 Å². The predicted octanol–water partition coefficient (Wildman–Crippen LogP) is 13.8. The van der Waals surface area contributed by atoms with Crippen LogP contribution in [0.3, 0.4) is 0 Å². The highest BCUT2D eigenvalue weighted by molar-refractivity contribution is 6.12. The third kappa shape index (κ3) is 7.51. The van der Waals surface area contributed by atoms with E-state index < -0.39 is 10.8 Å². The van der Waals surface area contributed by atoms with Gasteiger partial charge < -0.3 is 28.6 Å². The number of carbonyl (C=O) groups excluding carboxylic acids is 1. The molecule has 10 aromatic rings. The van der Waals surface area contributed by atoms with Gasteiger partial charge in [-0.3, -0.25) is 14.7 Å². The van der Waals surface area contributed by atoms with Gasteiger partial charge in [0.25, 0.3) is 0 Å². The number of aromatic nitrogens is 1. The number of carbonyl (C=O) groups is 1. The van der Waals surface area contributed by atoms with Gasteiger partial charge in [-0.15, -0.1) is 0 Å². The molecule has 0 aliphatic carbocycles. The molecule has 1 amide bonds. The highest BCUT2D eigenvalue weighted by Gasteiger charge is 2.59. The Hall–Kier alpha value is -9.34. The average molecular weight is 1020 g/mol. The Morgan fingerprint density at radius 1 is 0.526 bits per heavy atom. The molecule has 2 unspecified atom stereocenters. The first kappa shape index (κ1) is 47.1. The number of methoxy groups -OCH3 is 1. The zero-order chi connectivity index (χ0) is 52.4. The molecule has 78 heavy (non-hydrogen) atoms. The molecule has 5 aliphatic heterocycles. The summed E-state index contributed by atoms with van der Waals surface area (Å²) < 4.78 is 30.3. The van der Waals surface area contributed by atoms with Crippen molar-refractivity contribution in [3.05, 3.63) is 275 Å². The van der Waals surface area contributed by atoms with Gasteiger partial charge in [-0.25, -0.2) is 0 Å². The number of para-hydroxylation sites is 2. The van der Waals surface area contributed by atoms with Crippen LogP contribution >= 0.6 is 0 Å². The number of amides is 1. The maximum Gasteiger partial charge on any atom is 0.246 e. The van der Waals surface area contributed by atoms with Crippen molar-refractivity contribution >= 4 is 28.2 Å². The van der Waals surface area contributed by atoms with Crippen molar-refractivity contribution in [3.8, 4) is 39.9 Å². The van der Waals surface area contributed by atoms with E-state index in [1.165, 1.54) is 27.9 Å². The van der Waals surface area contributed by atoms with Gasteiger partial charge in [0, 0.05) is 58.3 Å². The molecule has 2 spiro atoms. The third-order valence-corrected chi connectivity index (χ3v) is 16.4. The first-order valence-corrected chi connectivity index (χ1v) is 26.7. The van der Waals surface area contributed by atoms with Gasteiger partial charge in [-0.2, -0.15) is 0 Å². The molecule has 0 bridgehead atoms. The molecule has 2 atom stereocenters. The number of aryl methyl sites for hydroxylation is 1. The van der Waals surface area contributed by atoms with Gasteiger partial charge in [-0.05, 0) is 87.8 Å². The van der Waals surface area contributed by atoms with Gasteiger partial charge in [0.2, 0.25) is 5.91 Å². The Labute approximate surface area is 453 Å². The number of hydrogen-bond donors (Lipinski definition) is 0. The van der Waals surface area contributed by atoms with E-state index in [4.69, 9.17) is 28.7 Å². The smallest absolute Gasteiger partial charge is 0.246 e. The number of benzene rings is 9. The summed E-state index contributed by atoms with van der Waals surface area (Å²) in [5.74, 6) is 3.91. The molecule has 0 radical (unpaired) electrons. The first-order chi connectivity index (χ1) is 38.4. The van der Waals surface area contributed by atoms with Crippen molar-refractivity contribution in [1.82, 2.24) is 4.98 Å². The third-order valence-electron chi connectivity index (χ3n) is 16.4. The maximum atomic E-state index is 14.6. The van der Waals surface area contributed by atoms with Crippen molar-refractivity contribution in [1.29, 1.82) is 0 Å². The molecule has 382 valence electrons. The van der Waals surface area contributed by atoms with Crippen molar-refractivity contribution < 1.29 is 28.5 Å². The Morgan fingerprint density at radius 3 is 1.78 bits per heavy atom. The minimum absolute atomic E-state index is 0.0155. The van der Waals surface area contributed by atoms with Gasteiger partial charge in [0.05, 0.1) is 30.1 Å². The first-order valence-electron chi connectivity index (χ1n) is 26.7. The highest BCUT2D eigenvalue weighted by Crippen LogP contribution is 2.59. The summed E-state index contributed by atoms with van der Waals surface area (Å²) in [5.41, 5.74) is 14.0.